The molecule has 1 aliphatic rings. The number of carbonyl (C=O) groups is 1. The molecule has 1 aliphatic heterocycles. The van der Waals surface area contributed by atoms with Crippen LogP contribution in [0.1, 0.15) is 49.8 Å². The highest BCUT2D eigenvalue weighted by atomic mass is 16.5. The second-order valence-corrected chi connectivity index (χ2v) is 10.1. The van der Waals surface area contributed by atoms with Gasteiger partial charge in [-0.15, -0.1) is 0 Å². The van der Waals surface area contributed by atoms with E-state index in [1.165, 1.54) is 0 Å². The topological polar surface area (TPSA) is 106 Å². The quantitative estimate of drug-likeness (QED) is 0.401. The summed E-state index contributed by atoms with van der Waals surface area (Å²) in [6.45, 7) is 8.33. The molecule has 0 saturated carbocycles. The van der Waals surface area contributed by atoms with Crippen LogP contribution >= 0.6 is 0 Å². The van der Waals surface area contributed by atoms with Gasteiger partial charge in [0, 0.05) is 30.6 Å². The van der Waals surface area contributed by atoms with Crippen molar-refractivity contribution in [1.82, 2.24) is 19.4 Å². The first-order chi connectivity index (χ1) is 17.2. The number of likely N-dealkylation sites (tertiary alicyclic amines) is 1. The second-order valence-electron chi connectivity index (χ2n) is 10.1. The van der Waals surface area contributed by atoms with Gasteiger partial charge in [-0.25, -0.2) is 9.97 Å². The molecule has 188 valence electrons. The molecule has 2 aromatic heterocycles. The lowest BCUT2D eigenvalue weighted by molar-refractivity contribution is 0.0582. The van der Waals surface area contributed by atoms with E-state index in [2.05, 4.69) is 4.98 Å². The van der Waals surface area contributed by atoms with Gasteiger partial charge in [-0.3, -0.25) is 4.79 Å². The number of nitrogen functional groups attached to an aromatic ring is 1. The predicted octanol–water partition coefficient (Wildman–Crippen LogP) is 4.38. The highest BCUT2D eigenvalue weighted by molar-refractivity contribution is 6.07. The molecule has 1 fully saturated rings. The van der Waals surface area contributed by atoms with Crippen LogP contribution in [-0.2, 0) is 17.9 Å². The van der Waals surface area contributed by atoms with Crippen LogP contribution in [0.2, 0.25) is 0 Å². The zero-order valence-electron chi connectivity index (χ0n) is 21.1. The highest BCUT2D eigenvalue weighted by Crippen LogP contribution is 2.33. The summed E-state index contributed by atoms with van der Waals surface area (Å²) in [6.07, 6.45) is 2.13. The van der Waals surface area contributed by atoms with Gasteiger partial charge >= 0.3 is 0 Å². The molecule has 3 N–H and O–H groups in total. The molecular formula is C28H33N5O3. The molecule has 8 heteroatoms. The smallest absolute Gasteiger partial charge is 0.253 e. The van der Waals surface area contributed by atoms with Crippen LogP contribution in [0.3, 0.4) is 0 Å². The van der Waals surface area contributed by atoms with E-state index in [0.717, 1.165) is 53.5 Å². The molecule has 0 aliphatic carbocycles. The Balaban J connectivity index is 1.61. The summed E-state index contributed by atoms with van der Waals surface area (Å²) in [4.78, 5) is 24.2. The summed E-state index contributed by atoms with van der Waals surface area (Å²) in [6, 6.07) is 13.8. The third-order valence-electron chi connectivity index (χ3n) is 6.60. The summed E-state index contributed by atoms with van der Waals surface area (Å²) in [7, 11) is 0. The Morgan fingerprint density at radius 1 is 1.11 bits per heavy atom. The van der Waals surface area contributed by atoms with Crippen molar-refractivity contribution in [2.45, 2.75) is 52.4 Å². The zero-order valence-corrected chi connectivity index (χ0v) is 21.1. The number of hydrogen-bond acceptors (Lipinski definition) is 6. The number of nitrogens with zero attached hydrogens (tertiary/aromatic N) is 4. The molecule has 0 unspecified atom stereocenters. The fourth-order valence-corrected chi connectivity index (χ4v) is 4.93. The van der Waals surface area contributed by atoms with Crippen LogP contribution in [0.5, 0.6) is 0 Å². The summed E-state index contributed by atoms with van der Waals surface area (Å²) in [5.74, 6) is 1.11. The van der Waals surface area contributed by atoms with E-state index in [-0.39, 0.29) is 5.91 Å². The predicted molar refractivity (Wildman–Crippen MR) is 142 cm³/mol. The van der Waals surface area contributed by atoms with Crippen molar-refractivity contribution >= 4 is 33.7 Å². The minimum Gasteiger partial charge on any atom is -0.389 e. The SMILES string of the molecule is CCOCc1nc2c(N)nc3cc(-c4cccc(C(=O)N5CCCC5)c4)ccc3c2n1CC(C)(C)O. The third-order valence-corrected chi connectivity index (χ3v) is 6.60. The normalized spacial score (nSPS) is 14.3. The summed E-state index contributed by atoms with van der Waals surface area (Å²) in [5.41, 5.74) is 10.2. The molecule has 1 saturated heterocycles. The molecule has 36 heavy (non-hydrogen) atoms. The maximum Gasteiger partial charge on any atom is 0.253 e. The number of amides is 1. The molecule has 0 radical (unpaired) electrons. The number of ether oxygens (including phenoxy) is 1. The van der Waals surface area contributed by atoms with Crippen molar-refractivity contribution in [1.29, 1.82) is 0 Å². The van der Waals surface area contributed by atoms with Gasteiger partial charge < -0.3 is 25.0 Å². The molecule has 1 amide bonds. The molecule has 0 spiro atoms. The van der Waals surface area contributed by atoms with Gasteiger partial charge in [-0.2, -0.15) is 0 Å². The monoisotopic (exact) mass is 487 g/mol. The Morgan fingerprint density at radius 2 is 1.86 bits per heavy atom. The average molecular weight is 488 g/mol. The molecule has 3 heterocycles. The Morgan fingerprint density at radius 3 is 2.58 bits per heavy atom. The van der Waals surface area contributed by atoms with E-state index in [9.17, 15) is 9.90 Å². The van der Waals surface area contributed by atoms with Crippen LogP contribution < -0.4 is 5.73 Å². The molecule has 4 aromatic rings. The Bertz CT molecular complexity index is 1430. The van der Waals surface area contributed by atoms with E-state index in [1.807, 2.05) is 58.9 Å². The number of anilines is 1. The number of nitrogens with two attached hydrogens (primary N) is 1. The van der Waals surface area contributed by atoms with Crippen molar-refractivity contribution in [3.8, 4) is 11.1 Å². The number of pyridine rings is 1. The van der Waals surface area contributed by atoms with Crippen molar-refractivity contribution < 1.29 is 14.6 Å². The Kier molecular flexibility index (Phi) is 6.40. The van der Waals surface area contributed by atoms with Gasteiger partial charge in [0.05, 0.1) is 23.2 Å². The minimum atomic E-state index is -0.957. The van der Waals surface area contributed by atoms with Crippen molar-refractivity contribution in [2.75, 3.05) is 25.4 Å². The largest absolute Gasteiger partial charge is 0.389 e. The van der Waals surface area contributed by atoms with E-state index in [4.69, 9.17) is 15.5 Å². The number of carbonyl (C=O) groups excluding carboxylic acids is 1. The first kappa shape index (κ1) is 24.2. The van der Waals surface area contributed by atoms with Crippen LogP contribution in [0.4, 0.5) is 5.82 Å². The number of imidazole rings is 1. The summed E-state index contributed by atoms with van der Waals surface area (Å²) >= 11 is 0. The van der Waals surface area contributed by atoms with Gasteiger partial charge in [-0.05, 0) is 62.9 Å². The number of benzene rings is 2. The number of hydrogen-bond donors (Lipinski definition) is 2. The van der Waals surface area contributed by atoms with Crippen LogP contribution in [0.25, 0.3) is 33.1 Å². The van der Waals surface area contributed by atoms with Crippen LogP contribution in [0, 0.1) is 0 Å². The highest BCUT2D eigenvalue weighted by Gasteiger charge is 2.23. The van der Waals surface area contributed by atoms with Crippen molar-refractivity contribution in [3.63, 3.8) is 0 Å². The molecule has 0 atom stereocenters. The first-order valence-corrected chi connectivity index (χ1v) is 12.5. The molecule has 0 bridgehead atoms. The second kappa shape index (κ2) is 9.52. The van der Waals surface area contributed by atoms with E-state index in [1.54, 1.807) is 13.8 Å². The summed E-state index contributed by atoms with van der Waals surface area (Å²) < 4.78 is 7.63. The fourth-order valence-electron chi connectivity index (χ4n) is 4.93. The van der Waals surface area contributed by atoms with Crippen LogP contribution in [-0.4, -0.2) is 55.7 Å². The molecule has 8 nitrogen and oxygen atoms in total. The maximum absolute atomic E-state index is 12.9. The Hall–Kier alpha value is -3.49. The number of fused-ring (bicyclic) bond motifs is 3. The lowest BCUT2D eigenvalue weighted by Gasteiger charge is -2.20. The number of aliphatic hydroxyl groups is 1. The average Bonchev–Trinajstić information content (AvgIpc) is 3.50. The van der Waals surface area contributed by atoms with Crippen molar-refractivity contribution in [2.24, 2.45) is 0 Å². The lowest BCUT2D eigenvalue weighted by Crippen LogP contribution is -2.27. The maximum atomic E-state index is 12.9. The first-order valence-electron chi connectivity index (χ1n) is 12.5. The fraction of sp³-hybridized carbons (Fsp3) is 0.393. The van der Waals surface area contributed by atoms with Gasteiger partial charge in [0.1, 0.15) is 17.9 Å². The Labute approximate surface area is 210 Å². The van der Waals surface area contributed by atoms with E-state index < -0.39 is 5.60 Å². The van der Waals surface area contributed by atoms with Gasteiger partial charge in [0.15, 0.2) is 5.82 Å². The summed E-state index contributed by atoms with van der Waals surface area (Å²) in [5, 5.41) is 11.5. The molecule has 5 rings (SSSR count). The number of aromatic nitrogens is 3. The van der Waals surface area contributed by atoms with Crippen LogP contribution in [0.15, 0.2) is 42.5 Å². The van der Waals surface area contributed by atoms with Crippen molar-refractivity contribution in [3.05, 3.63) is 53.9 Å². The van der Waals surface area contributed by atoms with Gasteiger partial charge in [-0.1, -0.05) is 24.3 Å². The zero-order chi connectivity index (χ0) is 25.4. The van der Waals surface area contributed by atoms with Gasteiger partial charge in [0.25, 0.3) is 5.91 Å². The molecule has 2 aromatic carbocycles. The minimum absolute atomic E-state index is 0.0802. The third kappa shape index (κ3) is 4.66. The molecular weight excluding hydrogens is 454 g/mol. The standard InChI is InChI=1S/C28H33N5O3/c1-4-36-16-23-31-24-25(33(23)17-28(2,3)35)21-11-10-19(15-22(21)30-26(24)29)18-8-7-9-20(14-18)27(34)32-12-5-6-13-32/h7-11,14-15,35H,4-6,12-13,16-17H2,1-3H3,(H2,29,30). The van der Waals surface area contributed by atoms with E-state index in [0.29, 0.717) is 42.5 Å². The van der Waals surface area contributed by atoms with Gasteiger partial charge in [0.2, 0.25) is 0 Å². The lowest BCUT2D eigenvalue weighted by atomic mass is 10.0. The van der Waals surface area contributed by atoms with E-state index >= 15 is 0 Å². The number of rotatable bonds is 7.